The average Bonchev–Trinajstić information content (AvgIpc) is 2.74. The molecule has 0 radical (unpaired) electrons. The lowest BCUT2D eigenvalue weighted by atomic mass is 9.66. The molecule has 0 amide bonds. The van der Waals surface area contributed by atoms with Crippen molar-refractivity contribution in [3.8, 4) is 0 Å². The van der Waals surface area contributed by atoms with Crippen molar-refractivity contribution < 1.29 is 14.6 Å². The first-order valence-corrected chi connectivity index (χ1v) is 6.28. The highest BCUT2D eigenvalue weighted by molar-refractivity contribution is 4.96. The summed E-state index contributed by atoms with van der Waals surface area (Å²) in [6.45, 7) is 1.47. The van der Waals surface area contributed by atoms with Gasteiger partial charge in [-0.2, -0.15) is 0 Å². The van der Waals surface area contributed by atoms with Crippen molar-refractivity contribution >= 4 is 0 Å². The molecule has 2 aliphatic carbocycles. The standard InChI is InChI=1S/C12H20O3/c13-11-5-6-12(14-7-8-15-12)10-4-2-1-3-9(10)11/h9-11,13H,1-8H2. The summed E-state index contributed by atoms with van der Waals surface area (Å²) in [4.78, 5) is 0. The lowest BCUT2D eigenvalue weighted by molar-refractivity contribution is -0.248. The van der Waals surface area contributed by atoms with Crippen LogP contribution in [0.5, 0.6) is 0 Å². The first-order valence-electron chi connectivity index (χ1n) is 6.28. The molecule has 0 aromatic rings. The summed E-state index contributed by atoms with van der Waals surface area (Å²) in [5.74, 6) is 0.549. The number of ether oxygens (including phenoxy) is 2. The summed E-state index contributed by atoms with van der Waals surface area (Å²) in [6.07, 6.45) is 6.46. The fraction of sp³-hybridized carbons (Fsp3) is 1.00. The van der Waals surface area contributed by atoms with Crippen LogP contribution in [0, 0.1) is 11.8 Å². The minimum Gasteiger partial charge on any atom is -0.393 e. The van der Waals surface area contributed by atoms with E-state index in [0.29, 0.717) is 11.8 Å². The van der Waals surface area contributed by atoms with Gasteiger partial charge in [-0.05, 0) is 25.2 Å². The molecule has 1 saturated heterocycles. The molecule has 2 saturated carbocycles. The molecule has 3 aliphatic rings. The van der Waals surface area contributed by atoms with Crippen molar-refractivity contribution in [3.63, 3.8) is 0 Å². The van der Waals surface area contributed by atoms with Crippen LogP contribution < -0.4 is 0 Å². The normalized spacial score (nSPS) is 44.2. The first-order chi connectivity index (χ1) is 7.32. The average molecular weight is 212 g/mol. The third-order valence-corrected chi connectivity index (χ3v) is 4.44. The Morgan fingerprint density at radius 3 is 2.53 bits per heavy atom. The molecular weight excluding hydrogens is 192 g/mol. The quantitative estimate of drug-likeness (QED) is 0.664. The Kier molecular flexibility index (Phi) is 2.49. The van der Waals surface area contributed by atoms with Crippen molar-refractivity contribution in [1.29, 1.82) is 0 Å². The zero-order valence-corrected chi connectivity index (χ0v) is 9.15. The predicted molar refractivity (Wildman–Crippen MR) is 55.3 cm³/mol. The Bertz CT molecular complexity index is 235. The zero-order chi connectivity index (χ0) is 10.3. The van der Waals surface area contributed by atoms with Crippen LogP contribution in [0.3, 0.4) is 0 Å². The van der Waals surface area contributed by atoms with Crippen molar-refractivity contribution in [2.45, 2.75) is 50.4 Å². The molecule has 0 aromatic heterocycles. The van der Waals surface area contributed by atoms with Crippen LogP contribution in [0.1, 0.15) is 38.5 Å². The maximum absolute atomic E-state index is 10.0. The molecule has 3 rings (SSSR count). The largest absolute Gasteiger partial charge is 0.393 e. The molecule has 0 bridgehead atoms. The topological polar surface area (TPSA) is 38.7 Å². The summed E-state index contributed by atoms with van der Waals surface area (Å²) in [7, 11) is 0. The van der Waals surface area contributed by atoms with Gasteiger partial charge >= 0.3 is 0 Å². The monoisotopic (exact) mass is 212 g/mol. The summed E-state index contributed by atoms with van der Waals surface area (Å²) < 4.78 is 11.7. The molecule has 3 heteroatoms. The van der Waals surface area contributed by atoms with Crippen LogP contribution in [0.15, 0.2) is 0 Å². The molecule has 86 valence electrons. The second-order valence-electron chi connectivity index (χ2n) is 5.17. The fourth-order valence-electron chi connectivity index (χ4n) is 3.74. The molecule has 0 aromatic carbocycles. The molecular formula is C12H20O3. The number of fused-ring (bicyclic) bond motifs is 2. The Morgan fingerprint density at radius 1 is 1.00 bits per heavy atom. The Balaban J connectivity index is 1.84. The number of aliphatic hydroxyl groups excluding tert-OH is 1. The highest BCUT2D eigenvalue weighted by atomic mass is 16.7. The molecule has 1 N–H and O–H groups in total. The minimum absolute atomic E-state index is 0.117. The van der Waals surface area contributed by atoms with Gasteiger partial charge in [0.1, 0.15) is 0 Å². The van der Waals surface area contributed by atoms with E-state index in [0.717, 1.165) is 32.5 Å². The van der Waals surface area contributed by atoms with Crippen LogP contribution in [0.4, 0.5) is 0 Å². The first kappa shape index (κ1) is 10.1. The van der Waals surface area contributed by atoms with Gasteiger partial charge in [0.2, 0.25) is 0 Å². The van der Waals surface area contributed by atoms with Crippen molar-refractivity contribution in [2.75, 3.05) is 13.2 Å². The van der Waals surface area contributed by atoms with E-state index in [9.17, 15) is 5.11 Å². The van der Waals surface area contributed by atoms with Crippen LogP contribution in [0.25, 0.3) is 0 Å². The van der Waals surface area contributed by atoms with E-state index >= 15 is 0 Å². The number of hydrogen-bond acceptors (Lipinski definition) is 3. The zero-order valence-electron chi connectivity index (χ0n) is 9.15. The van der Waals surface area contributed by atoms with Gasteiger partial charge in [0.15, 0.2) is 5.79 Å². The SMILES string of the molecule is OC1CCC2(OCCO2)C2CCCCC12. The molecule has 3 fully saturated rings. The summed E-state index contributed by atoms with van der Waals surface area (Å²) in [6, 6.07) is 0. The van der Waals surface area contributed by atoms with Gasteiger partial charge in [0.25, 0.3) is 0 Å². The number of aliphatic hydroxyl groups is 1. The Labute approximate surface area is 90.8 Å². The van der Waals surface area contributed by atoms with Crippen LogP contribution in [0.2, 0.25) is 0 Å². The van der Waals surface area contributed by atoms with Crippen molar-refractivity contribution in [3.05, 3.63) is 0 Å². The maximum atomic E-state index is 10.0. The number of rotatable bonds is 0. The van der Waals surface area contributed by atoms with Gasteiger partial charge < -0.3 is 14.6 Å². The van der Waals surface area contributed by atoms with Gasteiger partial charge in [-0.1, -0.05) is 12.8 Å². The van der Waals surface area contributed by atoms with E-state index in [1.807, 2.05) is 0 Å². The Morgan fingerprint density at radius 2 is 1.73 bits per heavy atom. The summed E-state index contributed by atoms with van der Waals surface area (Å²) >= 11 is 0. The van der Waals surface area contributed by atoms with Crippen molar-refractivity contribution in [2.24, 2.45) is 11.8 Å². The molecule has 3 unspecified atom stereocenters. The summed E-state index contributed by atoms with van der Waals surface area (Å²) in [5, 5.41) is 10.0. The van der Waals surface area contributed by atoms with E-state index in [2.05, 4.69) is 0 Å². The lowest BCUT2D eigenvalue weighted by Gasteiger charge is -2.48. The van der Waals surface area contributed by atoms with E-state index in [-0.39, 0.29) is 11.9 Å². The maximum Gasteiger partial charge on any atom is 0.171 e. The minimum atomic E-state index is -0.315. The van der Waals surface area contributed by atoms with E-state index in [1.165, 1.54) is 19.3 Å². The molecule has 15 heavy (non-hydrogen) atoms. The molecule has 1 spiro atoms. The van der Waals surface area contributed by atoms with Crippen molar-refractivity contribution in [1.82, 2.24) is 0 Å². The molecule has 1 heterocycles. The highest BCUT2D eigenvalue weighted by Gasteiger charge is 2.53. The van der Waals surface area contributed by atoms with Gasteiger partial charge in [0.05, 0.1) is 19.3 Å². The third kappa shape index (κ3) is 1.52. The number of hydrogen-bond donors (Lipinski definition) is 1. The van der Waals surface area contributed by atoms with Crippen LogP contribution in [-0.4, -0.2) is 30.2 Å². The van der Waals surface area contributed by atoms with E-state index < -0.39 is 0 Å². The fourth-order valence-corrected chi connectivity index (χ4v) is 3.74. The van der Waals surface area contributed by atoms with E-state index in [1.54, 1.807) is 0 Å². The molecule has 3 nitrogen and oxygen atoms in total. The van der Waals surface area contributed by atoms with Crippen LogP contribution >= 0.6 is 0 Å². The van der Waals surface area contributed by atoms with Gasteiger partial charge in [-0.15, -0.1) is 0 Å². The summed E-state index contributed by atoms with van der Waals surface area (Å²) in [5.41, 5.74) is 0. The smallest absolute Gasteiger partial charge is 0.171 e. The van der Waals surface area contributed by atoms with Crippen LogP contribution in [-0.2, 0) is 9.47 Å². The van der Waals surface area contributed by atoms with E-state index in [4.69, 9.17) is 9.47 Å². The second kappa shape index (κ2) is 3.72. The lowest BCUT2D eigenvalue weighted by Crippen LogP contribution is -2.52. The molecule has 3 atom stereocenters. The van der Waals surface area contributed by atoms with Gasteiger partial charge in [0, 0.05) is 12.3 Å². The molecule has 1 aliphatic heterocycles. The second-order valence-corrected chi connectivity index (χ2v) is 5.17. The predicted octanol–water partition coefficient (Wildman–Crippen LogP) is 1.69. The Hall–Kier alpha value is -0.120. The van der Waals surface area contributed by atoms with Gasteiger partial charge in [-0.25, -0.2) is 0 Å². The van der Waals surface area contributed by atoms with Gasteiger partial charge in [-0.3, -0.25) is 0 Å². The third-order valence-electron chi connectivity index (χ3n) is 4.44. The highest BCUT2D eigenvalue weighted by Crippen LogP contribution is 2.49.